The second-order valence-corrected chi connectivity index (χ2v) is 8.81. The zero-order valence-electron chi connectivity index (χ0n) is 7.06. The van der Waals surface area contributed by atoms with Gasteiger partial charge in [-0.3, -0.25) is 0 Å². The van der Waals surface area contributed by atoms with Crippen molar-refractivity contribution in [1.82, 2.24) is 0 Å². The summed E-state index contributed by atoms with van der Waals surface area (Å²) in [5.74, 6) is 0. The van der Waals surface area contributed by atoms with Crippen molar-refractivity contribution in [1.29, 1.82) is 0 Å². The molecule has 0 aromatic carbocycles. The third kappa shape index (κ3) is 2.21. The van der Waals surface area contributed by atoms with Crippen LogP contribution < -0.4 is 0 Å². The van der Waals surface area contributed by atoms with Gasteiger partial charge in [-0.25, -0.2) is 0 Å². The number of ether oxygens (including phenoxy) is 2. The predicted octanol–water partition coefficient (Wildman–Crippen LogP) is 4.95. The molecule has 0 N–H and O–H groups in total. The fourth-order valence-electron chi connectivity index (χ4n) is 1.01. The van der Waals surface area contributed by atoms with Crippen molar-refractivity contribution in [3.05, 3.63) is 39.5 Å². The van der Waals surface area contributed by atoms with Crippen LogP contribution in [0.3, 0.4) is 0 Å². The molecule has 0 atom stereocenters. The van der Waals surface area contributed by atoms with Gasteiger partial charge >= 0.3 is 0 Å². The van der Waals surface area contributed by atoms with Gasteiger partial charge in [-0.2, -0.15) is 0 Å². The molecule has 3 aliphatic heterocycles. The van der Waals surface area contributed by atoms with E-state index in [1.807, 2.05) is 0 Å². The molecule has 0 aliphatic carbocycles. The molecule has 0 spiro atoms. The van der Waals surface area contributed by atoms with Crippen LogP contribution in [0.2, 0.25) is 0 Å². The molecule has 3 rings (SSSR count). The third-order valence-electron chi connectivity index (χ3n) is 1.56. The van der Waals surface area contributed by atoms with Crippen LogP contribution in [-0.4, -0.2) is 0 Å². The quantitative estimate of drug-likeness (QED) is 0.545. The lowest BCUT2D eigenvalue weighted by Gasteiger charge is -2.06. The van der Waals surface area contributed by atoms with Crippen LogP contribution in [0.5, 0.6) is 0 Å². The summed E-state index contributed by atoms with van der Waals surface area (Å²) in [5.41, 5.74) is 0. The molecule has 7 heteroatoms. The van der Waals surface area contributed by atoms with E-state index in [0.29, 0.717) is 0 Å². The first kappa shape index (κ1) is 10.8. The Balaban J connectivity index is 1.79. The van der Waals surface area contributed by atoms with Crippen LogP contribution in [0.15, 0.2) is 39.5 Å². The van der Waals surface area contributed by atoms with E-state index in [-0.39, 0.29) is 0 Å². The Bertz CT molecular complexity index is 416. The highest BCUT2D eigenvalue weighted by atomic mass is 127. The minimum atomic E-state index is 0.855. The molecular formula is C8H3IO2S4. The first-order chi connectivity index (χ1) is 7.33. The molecule has 0 radical (unpaired) electrons. The number of rotatable bonds is 0. The summed E-state index contributed by atoms with van der Waals surface area (Å²) in [6, 6.07) is 0. The van der Waals surface area contributed by atoms with E-state index < -0.39 is 0 Å². The molecule has 3 aliphatic rings. The lowest BCUT2D eigenvalue weighted by molar-refractivity contribution is 0.273. The second-order valence-electron chi connectivity index (χ2n) is 2.50. The molecule has 0 saturated heterocycles. The summed E-state index contributed by atoms with van der Waals surface area (Å²) in [6.45, 7) is 0. The van der Waals surface area contributed by atoms with Crippen molar-refractivity contribution in [2.45, 2.75) is 0 Å². The maximum Gasteiger partial charge on any atom is 0.215 e. The molecule has 3 heterocycles. The van der Waals surface area contributed by atoms with Crippen molar-refractivity contribution in [2.24, 2.45) is 0 Å². The van der Waals surface area contributed by atoms with Crippen molar-refractivity contribution in [2.75, 3.05) is 0 Å². The van der Waals surface area contributed by atoms with Gasteiger partial charge in [0.15, 0.2) is 0 Å². The number of halogens is 1. The Morgan fingerprint density at radius 1 is 0.933 bits per heavy atom. The molecule has 0 aromatic heterocycles. The summed E-state index contributed by atoms with van der Waals surface area (Å²) >= 11 is 9.18. The zero-order valence-corrected chi connectivity index (χ0v) is 12.5. The molecule has 2 nitrogen and oxygen atoms in total. The lowest BCUT2D eigenvalue weighted by atomic mass is 10.9. The van der Waals surface area contributed by atoms with Crippen LogP contribution in [0.25, 0.3) is 0 Å². The smallest absolute Gasteiger partial charge is 0.215 e. The molecule has 15 heavy (non-hydrogen) atoms. The van der Waals surface area contributed by atoms with Crippen molar-refractivity contribution in [3.8, 4) is 0 Å². The van der Waals surface area contributed by atoms with Crippen LogP contribution in [0.1, 0.15) is 0 Å². The average molecular weight is 386 g/mol. The van der Waals surface area contributed by atoms with Gasteiger partial charge in [0.1, 0.15) is 12.5 Å². The standard InChI is InChI=1S/C8H3IO2S4/c9-4-3-12-7(13-4)8-14-5-6(15-8)11-2-1-10-5/h1-3H. The summed E-state index contributed by atoms with van der Waals surface area (Å²) in [5, 5.41) is 3.87. The summed E-state index contributed by atoms with van der Waals surface area (Å²) in [6.07, 6.45) is 3.13. The highest BCUT2D eigenvalue weighted by Gasteiger charge is 2.29. The Labute approximate surface area is 117 Å². The highest BCUT2D eigenvalue weighted by molar-refractivity contribution is 14.1. The molecule has 0 bridgehead atoms. The fraction of sp³-hybridized carbons (Fsp3) is 0. The van der Waals surface area contributed by atoms with E-state index in [0.717, 1.165) is 10.2 Å². The fourth-order valence-corrected chi connectivity index (χ4v) is 6.88. The Kier molecular flexibility index (Phi) is 3.26. The van der Waals surface area contributed by atoms with Gasteiger partial charge in [0.25, 0.3) is 0 Å². The lowest BCUT2D eigenvalue weighted by Crippen LogP contribution is -1.88. The van der Waals surface area contributed by atoms with E-state index in [4.69, 9.17) is 9.47 Å². The van der Waals surface area contributed by atoms with Crippen LogP contribution in [-0.2, 0) is 9.47 Å². The number of hydrogen-bond donors (Lipinski definition) is 0. The molecular weight excluding hydrogens is 383 g/mol. The summed E-state index contributed by atoms with van der Waals surface area (Å²) in [4.78, 5) is 0. The molecule has 0 unspecified atom stereocenters. The monoisotopic (exact) mass is 386 g/mol. The normalized spacial score (nSPS) is 23.9. The van der Waals surface area contributed by atoms with Gasteiger partial charge in [0, 0.05) is 0 Å². The Morgan fingerprint density at radius 3 is 2.13 bits per heavy atom. The van der Waals surface area contributed by atoms with Gasteiger partial charge < -0.3 is 9.47 Å². The van der Waals surface area contributed by atoms with Crippen molar-refractivity contribution in [3.63, 3.8) is 0 Å². The van der Waals surface area contributed by atoms with Gasteiger partial charge in [-0.05, 0) is 51.5 Å². The molecule has 0 fully saturated rings. The van der Waals surface area contributed by atoms with E-state index >= 15 is 0 Å². The summed E-state index contributed by atoms with van der Waals surface area (Å²) < 4.78 is 14.6. The summed E-state index contributed by atoms with van der Waals surface area (Å²) in [7, 11) is 0. The van der Waals surface area contributed by atoms with E-state index in [1.165, 1.54) is 11.4 Å². The maximum atomic E-state index is 5.36. The van der Waals surface area contributed by atoms with Crippen molar-refractivity contribution < 1.29 is 9.47 Å². The van der Waals surface area contributed by atoms with Gasteiger partial charge in [-0.1, -0.05) is 23.5 Å². The number of hydrogen-bond acceptors (Lipinski definition) is 6. The zero-order chi connectivity index (χ0) is 10.3. The van der Waals surface area contributed by atoms with Crippen molar-refractivity contribution >= 4 is 69.6 Å². The van der Waals surface area contributed by atoms with Gasteiger partial charge in [0.2, 0.25) is 10.2 Å². The van der Waals surface area contributed by atoms with Gasteiger partial charge in [-0.15, -0.1) is 0 Å². The van der Waals surface area contributed by atoms with E-state index in [2.05, 4.69) is 28.0 Å². The minimum Gasteiger partial charge on any atom is -0.450 e. The second kappa shape index (κ2) is 4.52. The van der Waals surface area contributed by atoms with E-state index in [1.54, 1.807) is 59.6 Å². The first-order valence-corrected chi connectivity index (χ1v) is 8.26. The predicted molar refractivity (Wildman–Crippen MR) is 77.8 cm³/mol. The molecule has 0 saturated carbocycles. The van der Waals surface area contributed by atoms with Crippen LogP contribution >= 0.6 is 69.6 Å². The Hall–Kier alpha value is 0.690. The molecule has 0 aromatic rings. The minimum absolute atomic E-state index is 0.855. The Morgan fingerprint density at radius 2 is 1.60 bits per heavy atom. The average Bonchev–Trinajstić information content (AvgIpc) is 2.82. The number of thioether (sulfide) groups is 4. The largest absolute Gasteiger partial charge is 0.450 e. The topological polar surface area (TPSA) is 18.5 Å². The van der Waals surface area contributed by atoms with E-state index in [9.17, 15) is 0 Å². The van der Waals surface area contributed by atoms with Crippen LogP contribution in [0, 0.1) is 0 Å². The maximum absolute atomic E-state index is 5.36. The highest BCUT2D eigenvalue weighted by Crippen LogP contribution is 2.59. The SMILES string of the molecule is IC1=CSC(=C2SC3=C(OC=CO3)S2)S1. The third-order valence-corrected chi connectivity index (χ3v) is 7.97. The van der Waals surface area contributed by atoms with Gasteiger partial charge in [0.05, 0.1) is 11.4 Å². The molecule has 0 amide bonds. The van der Waals surface area contributed by atoms with Crippen LogP contribution in [0.4, 0.5) is 0 Å². The molecule has 78 valence electrons. The first-order valence-electron chi connectivity index (χ1n) is 3.86.